The van der Waals surface area contributed by atoms with Crippen LogP contribution in [0.4, 0.5) is 30.6 Å². The number of fused-ring (bicyclic) bond motifs is 1. The van der Waals surface area contributed by atoms with Gasteiger partial charge in [0.15, 0.2) is 5.65 Å². The van der Waals surface area contributed by atoms with Crippen molar-refractivity contribution in [3.05, 3.63) is 56.6 Å². The number of rotatable bonds is 9. The van der Waals surface area contributed by atoms with Crippen LogP contribution >= 0.6 is 23.2 Å². The van der Waals surface area contributed by atoms with Crippen LogP contribution in [0.5, 0.6) is 5.75 Å². The van der Waals surface area contributed by atoms with Gasteiger partial charge in [-0.25, -0.2) is 4.98 Å². The molecule has 5 N–H and O–H groups in total. The first-order valence-electron chi connectivity index (χ1n) is 13.7. The number of hydrogen-bond acceptors (Lipinski definition) is 9. The first-order chi connectivity index (χ1) is 21.7. The summed E-state index contributed by atoms with van der Waals surface area (Å²) in [5.41, 5.74) is 4.98. The molecule has 0 spiro atoms. The van der Waals surface area contributed by atoms with E-state index in [1.165, 1.54) is 36.1 Å². The van der Waals surface area contributed by atoms with Crippen molar-refractivity contribution in [3.63, 3.8) is 0 Å². The van der Waals surface area contributed by atoms with E-state index in [-0.39, 0.29) is 49.4 Å². The fourth-order valence-electron chi connectivity index (χ4n) is 4.90. The predicted molar refractivity (Wildman–Crippen MR) is 166 cm³/mol. The molecule has 0 unspecified atom stereocenters. The molecule has 1 aliphatic heterocycles. The second-order valence-electron chi connectivity index (χ2n) is 10.3. The Bertz CT molecular complexity index is 1890. The maximum Gasteiger partial charge on any atom is 0.390 e. The predicted octanol–water partition coefficient (Wildman–Crippen LogP) is 3.75. The number of alkyl halides is 3. The highest BCUT2D eigenvalue weighted by atomic mass is 35.5. The van der Waals surface area contributed by atoms with Crippen molar-refractivity contribution in [3.8, 4) is 16.9 Å². The highest BCUT2D eigenvalue weighted by Gasteiger charge is 2.27. The van der Waals surface area contributed by atoms with Crippen molar-refractivity contribution in [1.29, 1.82) is 0 Å². The number of ether oxygens (including phenoxy) is 1. The molecular formula is C28H27Cl2F3N8O5. The largest absolute Gasteiger partial charge is 0.506 e. The highest BCUT2D eigenvalue weighted by Crippen LogP contribution is 2.36. The van der Waals surface area contributed by atoms with Crippen molar-refractivity contribution in [2.24, 2.45) is 12.8 Å². The molecule has 3 aromatic heterocycles. The molecule has 0 saturated carbocycles. The molecule has 4 heterocycles. The van der Waals surface area contributed by atoms with Crippen LogP contribution in [0.1, 0.15) is 16.8 Å². The van der Waals surface area contributed by atoms with Gasteiger partial charge in [-0.1, -0.05) is 23.2 Å². The molecule has 18 heteroatoms. The quantitative estimate of drug-likeness (QED) is 0.205. The third-order valence-electron chi connectivity index (χ3n) is 7.19. The number of pyridine rings is 1. The summed E-state index contributed by atoms with van der Waals surface area (Å²) in [6.45, 7) is 1.24. The fraction of sp³-hybridized carbons (Fsp3) is 0.321. The zero-order valence-corrected chi connectivity index (χ0v) is 25.6. The molecule has 0 aliphatic carbocycles. The Kier molecular flexibility index (Phi) is 9.32. The molecule has 0 atom stereocenters. The zero-order chi connectivity index (χ0) is 33.3. The number of halogens is 5. The van der Waals surface area contributed by atoms with Crippen molar-refractivity contribution < 1.29 is 32.6 Å². The lowest BCUT2D eigenvalue weighted by Crippen LogP contribution is -2.36. The van der Waals surface area contributed by atoms with Crippen LogP contribution in [0.3, 0.4) is 0 Å². The molecule has 4 aromatic rings. The van der Waals surface area contributed by atoms with E-state index in [0.717, 1.165) is 4.57 Å². The number of hydrogen-bond donors (Lipinski definition) is 4. The number of phenols is 1. The summed E-state index contributed by atoms with van der Waals surface area (Å²) in [7, 11) is 1.31. The SMILES string of the molecule is Cn1c(NCCC(F)(F)F)nc2c(c(-c3cc(Cl)c(O)c(C(N)=O)c3)cn2CC(=O)Nc2cc(N3CCOCC3)ncc2Cl)c1=O. The maximum absolute atomic E-state index is 13.6. The number of morpholine rings is 1. The maximum atomic E-state index is 13.6. The van der Waals surface area contributed by atoms with Crippen molar-refractivity contribution in [2.45, 2.75) is 19.1 Å². The van der Waals surface area contributed by atoms with Gasteiger partial charge in [0.2, 0.25) is 11.9 Å². The van der Waals surface area contributed by atoms with Gasteiger partial charge in [-0.05, 0) is 17.7 Å². The van der Waals surface area contributed by atoms with Gasteiger partial charge in [0, 0.05) is 44.5 Å². The van der Waals surface area contributed by atoms with Crippen LogP contribution in [0.2, 0.25) is 10.0 Å². The van der Waals surface area contributed by atoms with Gasteiger partial charge in [-0.3, -0.25) is 19.0 Å². The summed E-state index contributed by atoms with van der Waals surface area (Å²) in [6, 6.07) is 4.13. The number of nitrogens with one attached hydrogen (secondary N) is 2. The molecule has 13 nitrogen and oxygen atoms in total. The van der Waals surface area contributed by atoms with E-state index in [4.69, 9.17) is 33.7 Å². The summed E-state index contributed by atoms with van der Waals surface area (Å²) in [4.78, 5) is 49.7. The van der Waals surface area contributed by atoms with E-state index in [1.807, 2.05) is 4.90 Å². The van der Waals surface area contributed by atoms with Gasteiger partial charge >= 0.3 is 6.18 Å². The number of carbonyl (C=O) groups excluding carboxylic acids is 2. The Morgan fingerprint density at radius 1 is 1.15 bits per heavy atom. The van der Waals surface area contributed by atoms with E-state index >= 15 is 0 Å². The minimum absolute atomic E-state index is 0.0367. The number of carbonyl (C=O) groups is 2. The number of nitrogens with two attached hydrogens (primary N) is 1. The van der Waals surface area contributed by atoms with Gasteiger partial charge < -0.3 is 35.7 Å². The minimum atomic E-state index is -4.45. The normalized spacial score (nSPS) is 13.7. The van der Waals surface area contributed by atoms with Gasteiger partial charge in [-0.15, -0.1) is 0 Å². The summed E-state index contributed by atoms with van der Waals surface area (Å²) < 4.78 is 46.2. The van der Waals surface area contributed by atoms with Crippen LogP contribution in [-0.4, -0.2) is 75.0 Å². The summed E-state index contributed by atoms with van der Waals surface area (Å²) >= 11 is 12.5. The molecule has 1 aromatic carbocycles. The van der Waals surface area contributed by atoms with E-state index in [0.29, 0.717) is 32.1 Å². The lowest BCUT2D eigenvalue weighted by molar-refractivity contribution is -0.131. The smallest absolute Gasteiger partial charge is 0.390 e. The van der Waals surface area contributed by atoms with Crippen LogP contribution < -0.4 is 26.8 Å². The third kappa shape index (κ3) is 6.98. The first-order valence-corrected chi connectivity index (χ1v) is 14.5. The molecule has 1 saturated heterocycles. The highest BCUT2D eigenvalue weighted by molar-refractivity contribution is 6.34. The van der Waals surface area contributed by atoms with Crippen LogP contribution in [-0.2, 0) is 23.1 Å². The Hall–Kier alpha value is -4.54. The van der Waals surface area contributed by atoms with Crippen molar-refractivity contribution >= 4 is 63.5 Å². The molecule has 0 radical (unpaired) electrons. The lowest BCUT2D eigenvalue weighted by Gasteiger charge is -2.28. The number of anilines is 3. The number of amides is 2. The van der Waals surface area contributed by atoms with E-state index in [2.05, 4.69) is 20.6 Å². The summed E-state index contributed by atoms with van der Waals surface area (Å²) in [5.74, 6) is -1.74. The van der Waals surface area contributed by atoms with Crippen LogP contribution in [0.25, 0.3) is 22.2 Å². The molecule has 2 amide bonds. The van der Waals surface area contributed by atoms with Crippen LogP contribution in [0, 0.1) is 0 Å². The van der Waals surface area contributed by atoms with Crippen LogP contribution in [0.15, 0.2) is 35.4 Å². The molecular weight excluding hydrogens is 656 g/mol. The Labute approximate surface area is 268 Å². The minimum Gasteiger partial charge on any atom is -0.506 e. The number of aromatic nitrogens is 4. The Balaban J connectivity index is 1.56. The number of primary amides is 1. The second kappa shape index (κ2) is 13.1. The number of nitrogens with zero attached hydrogens (tertiary/aromatic N) is 5. The van der Waals surface area contributed by atoms with Crippen molar-refractivity contribution in [1.82, 2.24) is 19.1 Å². The molecule has 1 aliphatic rings. The fourth-order valence-corrected chi connectivity index (χ4v) is 5.27. The van der Waals surface area contributed by atoms with E-state index < -0.39 is 48.8 Å². The first kappa shape index (κ1) is 32.8. The van der Waals surface area contributed by atoms with Gasteiger partial charge in [0.1, 0.15) is 18.1 Å². The Morgan fingerprint density at radius 3 is 2.54 bits per heavy atom. The van der Waals surface area contributed by atoms with Gasteiger partial charge in [0.25, 0.3) is 11.5 Å². The standard InChI is InChI=1S/C28H27Cl2F3N8O5/c1-39-26(45)22-16(14-8-15(24(34)44)23(43)17(29)9-14)12-41(25(22)38-27(39)35-3-2-28(31,32)33)13-21(42)37-19-10-20(36-11-18(19)30)40-4-6-46-7-5-40/h8-12,43H,2-7,13H2,1H3,(H2,34,44)(H,35,38)(H,36,37,42). The van der Waals surface area contributed by atoms with E-state index in [1.54, 1.807) is 6.07 Å². The molecule has 1 fully saturated rings. The second-order valence-corrected chi connectivity index (χ2v) is 11.2. The zero-order valence-electron chi connectivity index (χ0n) is 24.1. The lowest BCUT2D eigenvalue weighted by atomic mass is 10.0. The van der Waals surface area contributed by atoms with Crippen molar-refractivity contribution in [2.75, 3.05) is 48.4 Å². The third-order valence-corrected chi connectivity index (χ3v) is 7.78. The topological polar surface area (TPSA) is 170 Å². The average Bonchev–Trinajstić information content (AvgIpc) is 3.35. The summed E-state index contributed by atoms with van der Waals surface area (Å²) in [6.07, 6.45) is -2.83. The molecule has 5 rings (SSSR count). The summed E-state index contributed by atoms with van der Waals surface area (Å²) in [5, 5.41) is 15.4. The molecule has 46 heavy (non-hydrogen) atoms. The average molecular weight is 683 g/mol. The van der Waals surface area contributed by atoms with Gasteiger partial charge in [-0.2, -0.15) is 18.2 Å². The van der Waals surface area contributed by atoms with E-state index in [9.17, 15) is 32.7 Å². The molecule has 0 bridgehead atoms. The number of benzene rings is 1. The Morgan fingerprint density at radius 2 is 1.87 bits per heavy atom. The van der Waals surface area contributed by atoms with Gasteiger partial charge in [0.05, 0.1) is 52.5 Å². The monoisotopic (exact) mass is 682 g/mol. The number of aromatic hydroxyl groups is 1. The molecule has 244 valence electrons.